The van der Waals surface area contributed by atoms with E-state index in [0.29, 0.717) is 12.3 Å². The zero-order chi connectivity index (χ0) is 15.4. The van der Waals surface area contributed by atoms with Gasteiger partial charge in [-0.3, -0.25) is 0 Å². The summed E-state index contributed by atoms with van der Waals surface area (Å²) in [6.07, 6.45) is 0.0493. The lowest BCUT2D eigenvalue weighted by atomic mass is 9.96. The molecule has 0 saturated carbocycles. The van der Waals surface area contributed by atoms with Crippen LogP contribution in [0.25, 0.3) is 0 Å². The molecule has 21 heavy (non-hydrogen) atoms. The van der Waals surface area contributed by atoms with Gasteiger partial charge >= 0.3 is 0 Å². The highest BCUT2D eigenvalue weighted by Crippen LogP contribution is 2.27. The molecule has 1 atom stereocenters. The topological polar surface area (TPSA) is 29.5 Å². The van der Waals surface area contributed by atoms with E-state index < -0.39 is 6.10 Å². The minimum absolute atomic E-state index is 0.507. The van der Waals surface area contributed by atoms with E-state index in [0.717, 1.165) is 16.9 Å². The Kier molecular flexibility index (Phi) is 5.03. The lowest BCUT2D eigenvalue weighted by molar-refractivity contribution is 0.177. The molecule has 112 valence electrons. The van der Waals surface area contributed by atoms with Gasteiger partial charge < -0.3 is 9.84 Å². The van der Waals surface area contributed by atoms with Crippen LogP contribution in [0.5, 0.6) is 5.75 Å². The molecule has 0 saturated heterocycles. The van der Waals surface area contributed by atoms with Gasteiger partial charge in [0.15, 0.2) is 0 Å². The number of hydrogen-bond acceptors (Lipinski definition) is 2. The molecule has 2 rings (SSSR count). The molecule has 0 radical (unpaired) electrons. The third kappa shape index (κ3) is 3.85. The van der Waals surface area contributed by atoms with Gasteiger partial charge in [-0.15, -0.1) is 0 Å². The van der Waals surface area contributed by atoms with E-state index in [1.165, 1.54) is 11.1 Å². The van der Waals surface area contributed by atoms with Gasteiger partial charge in [0, 0.05) is 6.42 Å². The minimum Gasteiger partial charge on any atom is -0.496 e. The van der Waals surface area contributed by atoms with Crippen molar-refractivity contribution in [2.45, 2.75) is 39.2 Å². The van der Waals surface area contributed by atoms with Crippen LogP contribution in [0.15, 0.2) is 42.5 Å². The molecule has 0 fully saturated rings. The van der Waals surface area contributed by atoms with Crippen LogP contribution in [-0.4, -0.2) is 12.2 Å². The van der Waals surface area contributed by atoms with Crippen molar-refractivity contribution in [3.8, 4) is 5.75 Å². The lowest BCUT2D eigenvalue weighted by Crippen LogP contribution is -2.04. The molecule has 0 bridgehead atoms. The highest BCUT2D eigenvalue weighted by molar-refractivity contribution is 5.38. The van der Waals surface area contributed by atoms with Gasteiger partial charge in [0.05, 0.1) is 13.2 Å². The zero-order valence-electron chi connectivity index (χ0n) is 13.3. The number of benzene rings is 2. The SMILES string of the molecule is COc1ccc(C)cc1CC(O)c1ccc(C(C)C)cc1. The third-order valence-corrected chi connectivity index (χ3v) is 3.84. The van der Waals surface area contributed by atoms with Crippen LogP contribution in [0.2, 0.25) is 0 Å². The van der Waals surface area contributed by atoms with E-state index in [1.54, 1.807) is 7.11 Å². The van der Waals surface area contributed by atoms with Crippen LogP contribution in [0.3, 0.4) is 0 Å². The number of ether oxygens (including phenoxy) is 1. The maximum absolute atomic E-state index is 10.5. The molecule has 2 nitrogen and oxygen atoms in total. The zero-order valence-corrected chi connectivity index (χ0v) is 13.3. The van der Waals surface area contributed by atoms with Gasteiger partial charge in [-0.25, -0.2) is 0 Å². The van der Waals surface area contributed by atoms with Gasteiger partial charge in [0.2, 0.25) is 0 Å². The summed E-state index contributed by atoms with van der Waals surface area (Å²) < 4.78 is 5.38. The number of aryl methyl sites for hydroxylation is 1. The van der Waals surface area contributed by atoms with Crippen molar-refractivity contribution in [1.29, 1.82) is 0 Å². The number of aliphatic hydroxyl groups excluding tert-OH is 1. The maximum Gasteiger partial charge on any atom is 0.122 e. The minimum atomic E-state index is -0.512. The average molecular weight is 284 g/mol. The Bertz CT molecular complexity index is 585. The number of hydrogen-bond donors (Lipinski definition) is 1. The summed E-state index contributed by atoms with van der Waals surface area (Å²) in [5.74, 6) is 1.34. The summed E-state index contributed by atoms with van der Waals surface area (Å²) in [5.41, 5.74) is 4.45. The van der Waals surface area contributed by atoms with Crippen molar-refractivity contribution in [1.82, 2.24) is 0 Å². The monoisotopic (exact) mass is 284 g/mol. The van der Waals surface area contributed by atoms with Gasteiger partial charge in [0.25, 0.3) is 0 Å². The Morgan fingerprint density at radius 3 is 2.19 bits per heavy atom. The molecule has 0 amide bonds. The summed E-state index contributed by atoms with van der Waals surface area (Å²) in [7, 11) is 1.66. The van der Waals surface area contributed by atoms with Gasteiger partial charge in [-0.1, -0.05) is 55.8 Å². The Morgan fingerprint density at radius 1 is 1.00 bits per heavy atom. The molecule has 1 N–H and O–H groups in total. The van der Waals surface area contributed by atoms with Crippen LogP contribution < -0.4 is 4.74 Å². The van der Waals surface area contributed by atoms with E-state index in [-0.39, 0.29) is 0 Å². The molecule has 0 aliphatic rings. The molecule has 2 heteroatoms. The molecule has 0 spiro atoms. The van der Waals surface area contributed by atoms with Crippen LogP contribution in [0.4, 0.5) is 0 Å². The predicted octanol–water partition coefficient (Wildman–Crippen LogP) is 4.40. The smallest absolute Gasteiger partial charge is 0.122 e. The standard InChI is InChI=1S/C19H24O2/c1-13(2)15-6-8-16(9-7-15)18(20)12-17-11-14(3)5-10-19(17)21-4/h5-11,13,18,20H,12H2,1-4H3. The fraction of sp³-hybridized carbons (Fsp3) is 0.368. The van der Waals surface area contributed by atoms with Gasteiger partial charge in [0.1, 0.15) is 5.75 Å². The molecule has 0 aliphatic carbocycles. The van der Waals surface area contributed by atoms with Crippen LogP contribution in [0, 0.1) is 6.92 Å². The Balaban J connectivity index is 2.17. The van der Waals surface area contributed by atoms with E-state index in [4.69, 9.17) is 4.74 Å². The molecule has 0 heterocycles. The van der Waals surface area contributed by atoms with E-state index in [9.17, 15) is 5.11 Å². The molecule has 0 aromatic heterocycles. The fourth-order valence-electron chi connectivity index (χ4n) is 2.50. The predicted molar refractivity (Wildman–Crippen MR) is 86.9 cm³/mol. The Labute approximate surface area is 127 Å². The van der Waals surface area contributed by atoms with Gasteiger partial charge in [-0.05, 0) is 35.6 Å². The summed E-state index contributed by atoms with van der Waals surface area (Å²) >= 11 is 0. The highest BCUT2D eigenvalue weighted by Gasteiger charge is 2.12. The first-order chi connectivity index (χ1) is 10.0. The molecule has 1 unspecified atom stereocenters. The van der Waals surface area contributed by atoms with Crippen molar-refractivity contribution in [3.63, 3.8) is 0 Å². The fourth-order valence-corrected chi connectivity index (χ4v) is 2.50. The lowest BCUT2D eigenvalue weighted by Gasteiger charge is -2.15. The van der Waals surface area contributed by atoms with E-state index >= 15 is 0 Å². The number of methoxy groups -OCH3 is 1. The van der Waals surface area contributed by atoms with E-state index in [2.05, 4.69) is 32.0 Å². The number of aliphatic hydroxyl groups is 1. The first-order valence-corrected chi connectivity index (χ1v) is 7.42. The summed E-state index contributed by atoms with van der Waals surface area (Å²) in [6, 6.07) is 14.3. The summed E-state index contributed by atoms with van der Waals surface area (Å²) in [5, 5.41) is 10.5. The Hall–Kier alpha value is -1.80. The second kappa shape index (κ2) is 6.77. The number of rotatable bonds is 5. The molecule has 2 aromatic carbocycles. The molecule has 2 aromatic rings. The van der Waals surface area contributed by atoms with Crippen molar-refractivity contribution in [3.05, 3.63) is 64.7 Å². The first-order valence-electron chi connectivity index (χ1n) is 7.42. The average Bonchev–Trinajstić information content (AvgIpc) is 2.47. The summed E-state index contributed by atoms with van der Waals surface area (Å²) in [6.45, 7) is 6.39. The summed E-state index contributed by atoms with van der Waals surface area (Å²) in [4.78, 5) is 0. The van der Waals surface area contributed by atoms with E-state index in [1.807, 2.05) is 31.2 Å². The molecular formula is C19H24O2. The van der Waals surface area contributed by atoms with Crippen molar-refractivity contribution < 1.29 is 9.84 Å². The largest absolute Gasteiger partial charge is 0.496 e. The van der Waals surface area contributed by atoms with Crippen molar-refractivity contribution in [2.24, 2.45) is 0 Å². The quantitative estimate of drug-likeness (QED) is 0.881. The maximum atomic E-state index is 10.5. The molecular weight excluding hydrogens is 260 g/mol. The highest BCUT2D eigenvalue weighted by atomic mass is 16.5. The van der Waals surface area contributed by atoms with Crippen LogP contribution >= 0.6 is 0 Å². The Morgan fingerprint density at radius 2 is 1.62 bits per heavy atom. The van der Waals surface area contributed by atoms with Gasteiger partial charge in [-0.2, -0.15) is 0 Å². The molecule has 0 aliphatic heterocycles. The second-order valence-electron chi connectivity index (χ2n) is 5.86. The van der Waals surface area contributed by atoms with Crippen molar-refractivity contribution in [2.75, 3.05) is 7.11 Å². The van der Waals surface area contributed by atoms with Crippen LogP contribution in [0.1, 0.15) is 48.1 Å². The third-order valence-electron chi connectivity index (χ3n) is 3.84. The van der Waals surface area contributed by atoms with Crippen LogP contribution in [-0.2, 0) is 6.42 Å². The normalized spacial score (nSPS) is 12.5. The second-order valence-corrected chi connectivity index (χ2v) is 5.86. The first kappa shape index (κ1) is 15.6. The van der Waals surface area contributed by atoms with Crippen molar-refractivity contribution >= 4 is 0 Å².